The van der Waals surface area contributed by atoms with Gasteiger partial charge in [0.15, 0.2) is 0 Å². The second kappa shape index (κ2) is 7.08. The van der Waals surface area contributed by atoms with Crippen molar-refractivity contribution in [2.75, 3.05) is 25.1 Å². The third kappa shape index (κ3) is 4.19. The van der Waals surface area contributed by atoms with Crippen molar-refractivity contribution >= 4 is 17.7 Å². The molecule has 1 aliphatic heterocycles. The summed E-state index contributed by atoms with van der Waals surface area (Å²) in [6.07, 6.45) is 1.90. The predicted octanol–water partition coefficient (Wildman–Crippen LogP) is 2.24. The Labute approximate surface area is 123 Å². The Hall–Kier alpha value is -2.08. The molecule has 1 unspecified atom stereocenters. The number of anilines is 1. The molecule has 0 aliphatic carbocycles. The van der Waals surface area contributed by atoms with E-state index in [1.807, 2.05) is 0 Å². The van der Waals surface area contributed by atoms with Crippen LogP contribution in [0.25, 0.3) is 0 Å². The summed E-state index contributed by atoms with van der Waals surface area (Å²) in [6.45, 7) is 3.80. The van der Waals surface area contributed by atoms with E-state index < -0.39 is 5.97 Å². The summed E-state index contributed by atoms with van der Waals surface area (Å²) in [7, 11) is 0. The fraction of sp³-hybridized carbons (Fsp3) is 0.467. The van der Waals surface area contributed by atoms with Crippen LogP contribution in [0.2, 0.25) is 0 Å². The number of nitrogens with one attached hydrogen (secondary N) is 2. The van der Waals surface area contributed by atoms with E-state index in [0.29, 0.717) is 23.7 Å². The molecular formula is C15H20N2O4. The summed E-state index contributed by atoms with van der Waals surface area (Å²) < 4.78 is 5.27. The quantitative estimate of drug-likeness (QED) is 0.776. The van der Waals surface area contributed by atoms with Crippen molar-refractivity contribution in [3.63, 3.8) is 0 Å². The van der Waals surface area contributed by atoms with Gasteiger partial charge in [-0.15, -0.1) is 0 Å². The van der Waals surface area contributed by atoms with Crippen molar-refractivity contribution < 1.29 is 19.4 Å². The monoisotopic (exact) mass is 292 g/mol. The molecule has 114 valence electrons. The van der Waals surface area contributed by atoms with Gasteiger partial charge in [-0.05, 0) is 37.3 Å². The van der Waals surface area contributed by atoms with Crippen molar-refractivity contribution in [2.24, 2.45) is 5.92 Å². The van der Waals surface area contributed by atoms with Gasteiger partial charge < -0.3 is 20.5 Å². The molecule has 0 radical (unpaired) electrons. The van der Waals surface area contributed by atoms with Crippen LogP contribution in [0.4, 0.5) is 10.5 Å². The van der Waals surface area contributed by atoms with Crippen LogP contribution in [-0.2, 0) is 4.74 Å². The largest absolute Gasteiger partial charge is 0.478 e. The first-order chi connectivity index (χ1) is 10.1. The van der Waals surface area contributed by atoms with Gasteiger partial charge in [-0.2, -0.15) is 0 Å². The molecule has 0 saturated carbocycles. The van der Waals surface area contributed by atoms with E-state index in [-0.39, 0.29) is 11.6 Å². The van der Waals surface area contributed by atoms with E-state index in [2.05, 4.69) is 10.6 Å². The Balaban J connectivity index is 1.87. The smallest absolute Gasteiger partial charge is 0.338 e. The zero-order valence-corrected chi connectivity index (χ0v) is 12.0. The highest BCUT2D eigenvalue weighted by Crippen LogP contribution is 2.19. The van der Waals surface area contributed by atoms with Crippen LogP contribution in [0.15, 0.2) is 18.2 Å². The summed E-state index contributed by atoms with van der Waals surface area (Å²) >= 11 is 0. The van der Waals surface area contributed by atoms with Crippen molar-refractivity contribution in [3.8, 4) is 0 Å². The molecule has 1 aromatic carbocycles. The van der Waals surface area contributed by atoms with Crippen LogP contribution in [0.5, 0.6) is 0 Å². The zero-order valence-electron chi connectivity index (χ0n) is 12.0. The number of aryl methyl sites for hydroxylation is 1. The minimum Gasteiger partial charge on any atom is -0.478 e. The van der Waals surface area contributed by atoms with Crippen LogP contribution < -0.4 is 10.6 Å². The average molecular weight is 292 g/mol. The van der Waals surface area contributed by atoms with Gasteiger partial charge in [0.1, 0.15) is 0 Å². The molecule has 1 aliphatic rings. The normalized spacial score (nSPS) is 17.5. The molecule has 1 aromatic rings. The second-order valence-corrected chi connectivity index (χ2v) is 5.20. The number of ether oxygens (including phenoxy) is 1. The number of amides is 2. The SMILES string of the molecule is Cc1cccc(NC(=O)NCCC2CCOC2)c1C(=O)O. The Morgan fingerprint density at radius 2 is 2.24 bits per heavy atom. The fourth-order valence-corrected chi connectivity index (χ4v) is 2.42. The fourth-order valence-electron chi connectivity index (χ4n) is 2.42. The van der Waals surface area contributed by atoms with Crippen molar-refractivity contribution in [2.45, 2.75) is 19.8 Å². The summed E-state index contributed by atoms with van der Waals surface area (Å²) in [5.41, 5.74) is 1.05. The molecular weight excluding hydrogens is 272 g/mol. The number of carboxylic acid groups (broad SMARTS) is 1. The van der Waals surface area contributed by atoms with Crippen LogP contribution >= 0.6 is 0 Å². The van der Waals surface area contributed by atoms with Gasteiger partial charge in [-0.1, -0.05) is 12.1 Å². The summed E-state index contributed by atoms with van der Waals surface area (Å²) in [5.74, 6) is -0.551. The van der Waals surface area contributed by atoms with E-state index in [1.165, 1.54) is 0 Å². The first-order valence-electron chi connectivity index (χ1n) is 7.03. The highest BCUT2D eigenvalue weighted by atomic mass is 16.5. The molecule has 2 amide bonds. The molecule has 0 spiro atoms. The van der Waals surface area contributed by atoms with Crippen LogP contribution in [0, 0.1) is 12.8 Å². The van der Waals surface area contributed by atoms with Crippen LogP contribution in [-0.4, -0.2) is 36.9 Å². The van der Waals surface area contributed by atoms with E-state index >= 15 is 0 Å². The van der Waals surface area contributed by atoms with E-state index in [9.17, 15) is 14.7 Å². The number of urea groups is 1. The number of carbonyl (C=O) groups is 2. The molecule has 0 aromatic heterocycles. The van der Waals surface area contributed by atoms with Crippen LogP contribution in [0.1, 0.15) is 28.8 Å². The molecule has 6 nitrogen and oxygen atoms in total. The van der Waals surface area contributed by atoms with E-state index in [0.717, 1.165) is 26.1 Å². The zero-order chi connectivity index (χ0) is 15.2. The summed E-state index contributed by atoms with van der Waals surface area (Å²) in [6, 6.07) is 4.61. The molecule has 21 heavy (non-hydrogen) atoms. The molecule has 2 rings (SSSR count). The highest BCUT2D eigenvalue weighted by molar-refractivity contribution is 6.01. The van der Waals surface area contributed by atoms with Gasteiger partial charge in [-0.25, -0.2) is 9.59 Å². The number of carbonyl (C=O) groups excluding carboxylic acids is 1. The second-order valence-electron chi connectivity index (χ2n) is 5.20. The lowest BCUT2D eigenvalue weighted by Gasteiger charge is -2.12. The van der Waals surface area contributed by atoms with Gasteiger partial charge in [0, 0.05) is 19.8 Å². The van der Waals surface area contributed by atoms with Gasteiger partial charge in [0.2, 0.25) is 0 Å². The molecule has 1 atom stereocenters. The molecule has 1 fully saturated rings. The van der Waals surface area contributed by atoms with Crippen molar-refractivity contribution in [1.82, 2.24) is 5.32 Å². The number of hydrogen-bond acceptors (Lipinski definition) is 3. The average Bonchev–Trinajstić information content (AvgIpc) is 2.91. The number of hydrogen-bond donors (Lipinski definition) is 3. The van der Waals surface area contributed by atoms with Gasteiger partial charge >= 0.3 is 12.0 Å². The minimum atomic E-state index is -1.05. The maximum Gasteiger partial charge on any atom is 0.338 e. The predicted molar refractivity (Wildman–Crippen MR) is 78.7 cm³/mol. The lowest BCUT2D eigenvalue weighted by atomic mass is 10.1. The Morgan fingerprint density at radius 3 is 2.90 bits per heavy atom. The van der Waals surface area contributed by atoms with Crippen LogP contribution in [0.3, 0.4) is 0 Å². The molecule has 6 heteroatoms. The highest BCUT2D eigenvalue weighted by Gasteiger charge is 2.17. The number of aromatic carboxylic acids is 1. The number of benzene rings is 1. The Bertz CT molecular complexity index is 524. The van der Waals surface area contributed by atoms with E-state index in [4.69, 9.17) is 4.74 Å². The Morgan fingerprint density at radius 1 is 1.43 bits per heavy atom. The van der Waals surface area contributed by atoms with Gasteiger partial charge in [-0.3, -0.25) is 0 Å². The lowest BCUT2D eigenvalue weighted by Crippen LogP contribution is -2.31. The Kier molecular flexibility index (Phi) is 5.16. The molecule has 1 saturated heterocycles. The maximum absolute atomic E-state index is 11.8. The molecule has 3 N–H and O–H groups in total. The number of carboxylic acids is 1. The first-order valence-corrected chi connectivity index (χ1v) is 7.03. The lowest BCUT2D eigenvalue weighted by molar-refractivity contribution is 0.0697. The first kappa shape index (κ1) is 15.3. The standard InChI is InChI=1S/C15H20N2O4/c1-10-3-2-4-12(13(10)14(18)19)17-15(20)16-7-5-11-6-8-21-9-11/h2-4,11H,5-9H2,1H3,(H,18,19)(H2,16,17,20). The van der Waals surface area contributed by atoms with Crippen molar-refractivity contribution in [3.05, 3.63) is 29.3 Å². The molecule has 0 bridgehead atoms. The molecule has 1 heterocycles. The van der Waals surface area contributed by atoms with E-state index in [1.54, 1.807) is 25.1 Å². The van der Waals surface area contributed by atoms with Gasteiger partial charge in [0.25, 0.3) is 0 Å². The maximum atomic E-state index is 11.8. The summed E-state index contributed by atoms with van der Waals surface area (Å²) in [4.78, 5) is 23.1. The third-order valence-electron chi connectivity index (χ3n) is 3.60. The number of rotatable bonds is 5. The minimum absolute atomic E-state index is 0.122. The van der Waals surface area contributed by atoms with Crippen molar-refractivity contribution in [1.29, 1.82) is 0 Å². The van der Waals surface area contributed by atoms with Gasteiger partial charge in [0.05, 0.1) is 11.3 Å². The topological polar surface area (TPSA) is 87.7 Å². The third-order valence-corrected chi connectivity index (χ3v) is 3.60. The summed E-state index contributed by atoms with van der Waals surface area (Å²) in [5, 5.41) is 14.5.